The molecule has 0 aliphatic rings. The summed E-state index contributed by atoms with van der Waals surface area (Å²) in [6, 6.07) is 6.75. The monoisotopic (exact) mass is 278 g/mol. The third-order valence-corrected chi connectivity index (χ3v) is 4.03. The van der Waals surface area contributed by atoms with Gasteiger partial charge < -0.3 is 5.32 Å². The minimum absolute atomic E-state index is 0.183. The second kappa shape index (κ2) is 6.78. The molecular weight excluding hydrogens is 259 g/mol. The van der Waals surface area contributed by atoms with E-state index in [2.05, 4.69) is 24.1 Å². The average molecular weight is 278 g/mol. The summed E-state index contributed by atoms with van der Waals surface area (Å²) < 4.78 is 13.2. The molecule has 4 heteroatoms. The van der Waals surface area contributed by atoms with Gasteiger partial charge in [-0.05, 0) is 30.7 Å². The molecule has 0 spiro atoms. The van der Waals surface area contributed by atoms with Crippen LogP contribution in [0.4, 0.5) is 4.39 Å². The Kier molecular flexibility index (Phi) is 5.05. The molecule has 2 rings (SSSR count). The van der Waals surface area contributed by atoms with E-state index < -0.39 is 0 Å². The van der Waals surface area contributed by atoms with E-state index in [0.717, 1.165) is 35.8 Å². The third-order valence-electron chi connectivity index (χ3n) is 2.94. The maximum absolute atomic E-state index is 13.2. The van der Waals surface area contributed by atoms with Crippen LogP contribution in [0.25, 0.3) is 0 Å². The normalized spacial score (nSPS) is 10.9. The van der Waals surface area contributed by atoms with Crippen LogP contribution in [0.2, 0.25) is 0 Å². The number of aryl methyl sites for hydroxylation is 1. The summed E-state index contributed by atoms with van der Waals surface area (Å²) in [5.74, 6) is -0.183. The molecule has 0 aliphatic heterocycles. The van der Waals surface area contributed by atoms with Crippen molar-refractivity contribution in [2.24, 2.45) is 0 Å². The predicted octanol–water partition coefficient (Wildman–Crippen LogP) is 3.54. The molecule has 2 nitrogen and oxygen atoms in total. The molecule has 19 heavy (non-hydrogen) atoms. The largest absolute Gasteiger partial charge is 0.312 e. The molecule has 0 bridgehead atoms. The zero-order valence-electron chi connectivity index (χ0n) is 11.4. The molecule has 1 aromatic heterocycles. The molecule has 0 fully saturated rings. The van der Waals surface area contributed by atoms with E-state index in [9.17, 15) is 4.39 Å². The minimum atomic E-state index is -0.183. The fraction of sp³-hybridized carbons (Fsp3) is 0.400. The summed E-state index contributed by atoms with van der Waals surface area (Å²) in [5.41, 5.74) is 2.14. The first-order valence-electron chi connectivity index (χ1n) is 6.65. The fourth-order valence-corrected chi connectivity index (χ4v) is 3.15. The van der Waals surface area contributed by atoms with Crippen LogP contribution in [-0.4, -0.2) is 11.5 Å². The van der Waals surface area contributed by atoms with Gasteiger partial charge in [-0.2, -0.15) is 0 Å². The van der Waals surface area contributed by atoms with Crippen molar-refractivity contribution in [3.63, 3.8) is 0 Å². The number of hydrogen-bond donors (Lipinski definition) is 1. The highest BCUT2D eigenvalue weighted by Crippen LogP contribution is 2.22. The molecule has 0 saturated carbocycles. The lowest BCUT2D eigenvalue weighted by atomic mass is 10.1. The van der Waals surface area contributed by atoms with Crippen molar-refractivity contribution in [3.8, 4) is 0 Å². The molecule has 0 unspecified atom stereocenters. The van der Waals surface area contributed by atoms with Gasteiger partial charge in [0.15, 0.2) is 0 Å². The number of nitrogens with zero attached hydrogens (tertiary/aromatic N) is 1. The smallest absolute Gasteiger partial charge is 0.123 e. The van der Waals surface area contributed by atoms with Crippen molar-refractivity contribution in [1.29, 1.82) is 0 Å². The highest BCUT2D eigenvalue weighted by Gasteiger charge is 2.10. The van der Waals surface area contributed by atoms with Crippen LogP contribution < -0.4 is 5.32 Å². The molecular formula is C15H19FN2S. The van der Waals surface area contributed by atoms with Gasteiger partial charge in [0.05, 0.1) is 10.7 Å². The Labute approximate surface area is 117 Å². The van der Waals surface area contributed by atoms with Gasteiger partial charge in [0.1, 0.15) is 5.82 Å². The standard InChI is InChI=1S/C15H19FN2S/c1-3-13-14(10-17-4-2)19-15(18-13)9-11-6-5-7-12(16)8-11/h5-8,17H,3-4,9-10H2,1-2H3. The highest BCUT2D eigenvalue weighted by molar-refractivity contribution is 7.11. The molecule has 1 aromatic carbocycles. The van der Waals surface area contributed by atoms with Gasteiger partial charge >= 0.3 is 0 Å². The Morgan fingerprint density at radius 1 is 1.32 bits per heavy atom. The molecule has 1 heterocycles. The van der Waals surface area contributed by atoms with E-state index in [-0.39, 0.29) is 5.82 Å². The van der Waals surface area contributed by atoms with E-state index in [1.807, 2.05) is 6.07 Å². The summed E-state index contributed by atoms with van der Waals surface area (Å²) >= 11 is 1.73. The Bertz CT molecular complexity index is 537. The van der Waals surface area contributed by atoms with Crippen molar-refractivity contribution in [2.75, 3.05) is 6.54 Å². The van der Waals surface area contributed by atoms with E-state index in [0.29, 0.717) is 6.42 Å². The van der Waals surface area contributed by atoms with Crippen LogP contribution in [-0.2, 0) is 19.4 Å². The molecule has 2 aromatic rings. The first kappa shape index (κ1) is 14.2. The Hall–Kier alpha value is -1.26. The van der Waals surface area contributed by atoms with Gasteiger partial charge in [-0.25, -0.2) is 9.37 Å². The number of rotatable bonds is 6. The highest BCUT2D eigenvalue weighted by atomic mass is 32.1. The predicted molar refractivity (Wildman–Crippen MR) is 78.1 cm³/mol. The maximum Gasteiger partial charge on any atom is 0.123 e. The lowest BCUT2D eigenvalue weighted by Crippen LogP contribution is -2.11. The summed E-state index contributed by atoms with van der Waals surface area (Å²) in [5, 5.41) is 4.40. The molecule has 1 N–H and O–H groups in total. The molecule has 102 valence electrons. The molecule has 0 amide bonds. The van der Waals surface area contributed by atoms with Gasteiger partial charge in [-0.3, -0.25) is 0 Å². The second-order valence-corrected chi connectivity index (χ2v) is 5.59. The van der Waals surface area contributed by atoms with E-state index in [4.69, 9.17) is 0 Å². The Morgan fingerprint density at radius 2 is 2.16 bits per heavy atom. The van der Waals surface area contributed by atoms with Crippen molar-refractivity contribution in [1.82, 2.24) is 10.3 Å². The average Bonchev–Trinajstić information content (AvgIpc) is 2.78. The number of halogens is 1. The lowest BCUT2D eigenvalue weighted by molar-refractivity contribution is 0.626. The Morgan fingerprint density at radius 3 is 2.84 bits per heavy atom. The van der Waals surface area contributed by atoms with Crippen molar-refractivity contribution < 1.29 is 4.39 Å². The summed E-state index contributed by atoms with van der Waals surface area (Å²) in [7, 11) is 0. The summed E-state index contributed by atoms with van der Waals surface area (Å²) in [6.45, 7) is 6.05. The molecule has 0 atom stereocenters. The topological polar surface area (TPSA) is 24.9 Å². The van der Waals surface area contributed by atoms with Crippen molar-refractivity contribution in [2.45, 2.75) is 33.2 Å². The van der Waals surface area contributed by atoms with Crippen LogP contribution in [0.15, 0.2) is 24.3 Å². The molecule has 0 saturated heterocycles. The number of hydrogen-bond acceptors (Lipinski definition) is 3. The minimum Gasteiger partial charge on any atom is -0.312 e. The van der Waals surface area contributed by atoms with Crippen LogP contribution in [0.5, 0.6) is 0 Å². The van der Waals surface area contributed by atoms with Gasteiger partial charge in [-0.15, -0.1) is 11.3 Å². The summed E-state index contributed by atoms with van der Waals surface area (Å²) in [6.07, 6.45) is 1.65. The van der Waals surface area contributed by atoms with Gasteiger partial charge in [0.2, 0.25) is 0 Å². The van der Waals surface area contributed by atoms with Crippen LogP contribution >= 0.6 is 11.3 Å². The third kappa shape index (κ3) is 3.85. The van der Waals surface area contributed by atoms with Gasteiger partial charge in [-0.1, -0.05) is 26.0 Å². The number of aromatic nitrogens is 1. The van der Waals surface area contributed by atoms with E-state index in [1.165, 1.54) is 10.9 Å². The van der Waals surface area contributed by atoms with Gasteiger partial charge in [0.25, 0.3) is 0 Å². The number of nitrogens with one attached hydrogen (secondary N) is 1. The summed E-state index contributed by atoms with van der Waals surface area (Å²) in [4.78, 5) is 5.96. The lowest BCUT2D eigenvalue weighted by Gasteiger charge is -1.99. The van der Waals surface area contributed by atoms with Crippen LogP contribution in [0.1, 0.15) is 35.0 Å². The molecule has 0 radical (unpaired) electrons. The van der Waals surface area contributed by atoms with Crippen molar-refractivity contribution >= 4 is 11.3 Å². The van der Waals surface area contributed by atoms with Crippen molar-refractivity contribution in [3.05, 3.63) is 51.2 Å². The van der Waals surface area contributed by atoms with Gasteiger partial charge in [0, 0.05) is 17.8 Å². The first-order valence-corrected chi connectivity index (χ1v) is 7.47. The number of benzene rings is 1. The zero-order chi connectivity index (χ0) is 13.7. The quantitative estimate of drug-likeness (QED) is 0.874. The first-order chi connectivity index (χ1) is 9.22. The SMILES string of the molecule is CCNCc1sc(Cc2cccc(F)c2)nc1CC. The fourth-order valence-electron chi connectivity index (χ4n) is 1.99. The number of thiazole rings is 1. The maximum atomic E-state index is 13.2. The van der Waals surface area contributed by atoms with Crippen LogP contribution in [0.3, 0.4) is 0 Å². The Balaban J connectivity index is 2.14. The second-order valence-electron chi connectivity index (χ2n) is 4.42. The molecule has 0 aliphatic carbocycles. The zero-order valence-corrected chi connectivity index (χ0v) is 12.2. The van der Waals surface area contributed by atoms with E-state index >= 15 is 0 Å². The van der Waals surface area contributed by atoms with Crippen LogP contribution in [0, 0.1) is 5.82 Å². The van der Waals surface area contributed by atoms with E-state index in [1.54, 1.807) is 23.5 Å².